The number of hydrogen-bond acceptors (Lipinski definition) is 4. The van der Waals surface area contributed by atoms with Crippen LogP contribution in [0, 0.1) is 5.92 Å². The van der Waals surface area contributed by atoms with Crippen molar-refractivity contribution in [3.8, 4) is 0 Å². The minimum Gasteiger partial charge on any atom is -0.438 e. The normalized spacial score (nSPS) is 25.3. The summed E-state index contributed by atoms with van der Waals surface area (Å²) < 4.78 is 9.40. The van der Waals surface area contributed by atoms with Crippen LogP contribution in [0.15, 0.2) is 0 Å². The molecular formula is C7H11ClO4. The second kappa shape index (κ2) is 4.64. The molecule has 1 aliphatic rings. The van der Waals surface area contributed by atoms with Crippen LogP contribution in [0.25, 0.3) is 0 Å². The number of aliphatic hydroxyl groups excluding tert-OH is 1. The molecule has 0 spiro atoms. The van der Waals surface area contributed by atoms with Gasteiger partial charge in [0.25, 0.3) is 0 Å². The lowest BCUT2D eigenvalue weighted by atomic mass is 10.1. The topological polar surface area (TPSA) is 55.8 Å². The lowest BCUT2D eigenvalue weighted by Gasteiger charge is -2.12. The fourth-order valence-electron chi connectivity index (χ4n) is 1.12. The predicted molar refractivity (Wildman–Crippen MR) is 41.7 cm³/mol. The molecular weight excluding hydrogens is 184 g/mol. The second-order valence-electron chi connectivity index (χ2n) is 2.62. The number of esters is 1. The number of aliphatic hydroxyl groups is 1. The van der Waals surface area contributed by atoms with Gasteiger partial charge in [-0.1, -0.05) is 0 Å². The number of hydrogen-bond donors (Lipinski definition) is 1. The van der Waals surface area contributed by atoms with Gasteiger partial charge < -0.3 is 14.6 Å². The quantitative estimate of drug-likeness (QED) is 0.394. The maximum Gasteiger partial charge on any atom is 0.326 e. The first-order valence-electron chi connectivity index (χ1n) is 3.75. The van der Waals surface area contributed by atoms with Crippen LogP contribution < -0.4 is 0 Å². The van der Waals surface area contributed by atoms with Crippen molar-refractivity contribution in [2.75, 3.05) is 20.0 Å². The van der Waals surface area contributed by atoms with Crippen LogP contribution in [0.4, 0.5) is 0 Å². The molecule has 1 rings (SSSR count). The van der Waals surface area contributed by atoms with Crippen molar-refractivity contribution in [3.05, 3.63) is 0 Å². The molecule has 0 amide bonds. The maximum absolute atomic E-state index is 11.0. The van der Waals surface area contributed by atoms with Crippen LogP contribution in [0.3, 0.4) is 0 Å². The van der Waals surface area contributed by atoms with E-state index in [-0.39, 0.29) is 5.92 Å². The first kappa shape index (κ1) is 9.77. The molecule has 0 saturated carbocycles. The monoisotopic (exact) mass is 194 g/mol. The van der Waals surface area contributed by atoms with E-state index in [0.29, 0.717) is 13.2 Å². The summed E-state index contributed by atoms with van der Waals surface area (Å²) in [5.41, 5.74) is 0. The Hall–Kier alpha value is -0.320. The van der Waals surface area contributed by atoms with Gasteiger partial charge in [0.2, 0.25) is 0 Å². The number of halogens is 1. The van der Waals surface area contributed by atoms with Gasteiger partial charge in [-0.3, -0.25) is 4.79 Å². The van der Waals surface area contributed by atoms with Crippen LogP contribution in [0.2, 0.25) is 0 Å². The van der Waals surface area contributed by atoms with Gasteiger partial charge >= 0.3 is 5.97 Å². The highest BCUT2D eigenvalue weighted by molar-refractivity contribution is 6.30. The Labute approximate surface area is 75.4 Å². The first-order valence-corrected chi connectivity index (χ1v) is 4.18. The van der Waals surface area contributed by atoms with Crippen molar-refractivity contribution in [2.24, 2.45) is 5.92 Å². The summed E-state index contributed by atoms with van der Waals surface area (Å²) >= 11 is 5.75. The minimum atomic E-state index is -0.695. The largest absolute Gasteiger partial charge is 0.438 e. The van der Waals surface area contributed by atoms with Crippen molar-refractivity contribution in [3.63, 3.8) is 0 Å². The van der Waals surface area contributed by atoms with Crippen LogP contribution in [0.5, 0.6) is 0 Å². The summed E-state index contributed by atoms with van der Waals surface area (Å²) in [6, 6.07) is 0. The Morgan fingerprint density at radius 3 is 3.08 bits per heavy atom. The van der Waals surface area contributed by atoms with E-state index in [1.54, 1.807) is 0 Å². The average Bonchev–Trinajstić information content (AvgIpc) is 2.55. The standard InChI is InChI=1S/C7H11ClO4/c8-6(7(10)12-4-9)5-1-2-11-3-5/h5-6,9H,1-4H2. The number of carbonyl (C=O) groups is 1. The molecule has 12 heavy (non-hydrogen) atoms. The van der Waals surface area contributed by atoms with E-state index < -0.39 is 18.1 Å². The van der Waals surface area contributed by atoms with Crippen molar-refractivity contribution in [1.29, 1.82) is 0 Å². The van der Waals surface area contributed by atoms with E-state index in [0.717, 1.165) is 6.42 Å². The molecule has 0 aliphatic carbocycles. The zero-order chi connectivity index (χ0) is 8.97. The van der Waals surface area contributed by atoms with E-state index in [9.17, 15) is 4.79 Å². The van der Waals surface area contributed by atoms with Crippen LogP contribution in [0.1, 0.15) is 6.42 Å². The zero-order valence-electron chi connectivity index (χ0n) is 6.53. The Balaban J connectivity index is 2.34. The first-order chi connectivity index (χ1) is 5.75. The summed E-state index contributed by atoms with van der Waals surface area (Å²) in [6.45, 7) is 0.518. The molecule has 1 fully saturated rings. The third kappa shape index (κ3) is 2.33. The molecule has 5 heteroatoms. The van der Waals surface area contributed by atoms with Gasteiger partial charge in [-0.15, -0.1) is 11.6 Å². The number of carbonyl (C=O) groups excluding carboxylic acids is 1. The van der Waals surface area contributed by atoms with Crippen molar-refractivity contribution >= 4 is 17.6 Å². The maximum atomic E-state index is 11.0. The third-order valence-corrected chi connectivity index (χ3v) is 2.35. The molecule has 0 aromatic rings. The summed E-state index contributed by atoms with van der Waals surface area (Å²) in [5, 5.41) is 7.60. The highest BCUT2D eigenvalue weighted by Crippen LogP contribution is 2.21. The van der Waals surface area contributed by atoms with Gasteiger partial charge in [-0.05, 0) is 6.42 Å². The molecule has 0 bridgehead atoms. The highest BCUT2D eigenvalue weighted by atomic mass is 35.5. The van der Waals surface area contributed by atoms with Crippen molar-refractivity contribution < 1.29 is 19.4 Å². The summed E-state index contributed by atoms with van der Waals surface area (Å²) in [7, 11) is 0. The number of alkyl halides is 1. The van der Waals surface area contributed by atoms with Gasteiger partial charge in [-0.25, -0.2) is 0 Å². The Morgan fingerprint density at radius 2 is 2.58 bits per heavy atom. The molecule has 0 aromatic heterocycles. The third-order valence-electron chi connectivity index (χ3n) is 1.81. The van der Waals surface area contributed by atoms with E-state index in [1.807, 2.05) is 0 Å². The molecule has 1 aliphatic heterocycles. The number of rotatable bonds is 3. The molecule has 1 N–H and O–H groups in total. The Bertz CT molecular complexity index is 155. The molecule has 1 heterocycles. The summed E-state index contributed by atoms with van der Waals surface area (Å²) in [6.07, 6.45) is 0.773. The van der Waals surface area contributed by atoms with E-state index in [1.165, 1.54) is 0 Å². The molecule has 4 nitrogen and oxygen atoms in total. The lowest BCUT2D eigenvalue weighted by molar-refractivity contribution is -0.152. The second-order valence-corrected chi connectivity index (χ2v) is 3.09. The van der Waals surface area contributed by atoms with E-state index in [2.05, 4.69) is 4.74 Å². The predicted octanol–water partition coefficient (Wildman–Crippen LogP) is 0.123. The molecule has 70 valence electrons. The average molecular weight is 195 g/mol. The molecule has 0 aromatic carbocycles. The van der Waals surface area contributed by atoms with Gasteiger partial charge in [-0.2, -0.15) is 0 Å². The van der Waals surface area contributed by atoms with E-state index in [4.69, 9.17) is 21.4 Å². The Kier molecular flexibility index (Phi) is 3.78. The van der Waals surface area contributed by atoms with Crippen LogP contribution in [-0.2, 0) is 14.3 Å². The highest BCUT2D eigenvalue weighted by Gasteiger charge is 2.30. The van der Waals surface area contributed by atoms with Gasteiger partial charge in [0.1, 0.15) is 5.38 Å². The summed E-state index contributed by atoms with van der Waals surface area (Å²) in [4.78, 5) is 11.0. The van der Waals surface area contributed by atoms with Gasteiger partial charge in [0, 0.05) is 12.5 Å². The Morgan fingerprint density at radius 1 is 1.83 bits per heavy atom. The SMILES string of the molecule is O=C(OCO)C(Cl)C1CCOC1. The lowest BCUT2D eigenvalue weighted by Crippen LogP contribution is -2.27. The van der Waals surface area contributed by atoms with Crippen molar-refractivity contribution in [1.82, 2.24) is 0 Å². The van der Waals surface area contributed by atoms with Gasteiger partial charge in [0.15, 0.2) is 6.79 Å². The fraction of sp³-hybridized carbons (Fsp3) is 0.857. The zero-order valence-corrected chi connectivity index (χ0v) is 7.29. The molecule has 2 atom stereocenters. The van der Waals surface area contributed by atoms with Crippen LogP contribution >= 0.6 is 11.6 Å². The molecule has 1 saturated heterocycles. The molecule has 2 unspecified atom stereocenters. The van der Waals surface area contributed by atoms with E-state index >= 15 is 0 Å². The number of ether oxygens (including phenoxy) is 2. The smallest absolute Gasteiger partial charge is 0.326 e. The van der Waals surface area contributed by atoms with Crippen LogP contribution in [-0.4, -0.2) is 36.5 Å². The summed E-state index contributed by atoms with van der Waals surface area (Å²) in [5.74, 6) is -0.555. The fourth-order valence-corrected chi connectivity index (χ4v) is 1.38. The van der Waals surface area contributed by atoms with Crippen molar-refractivity contribution in [2.45, 2.75) is 11.8 Å². The minimum absolute atomic E-state index is 0.0192. The molecule has 0 radical (unpaired) electrons. The van der Waals surface area contributed by atoms with Gasteiger partial charge in [0.05, 0.1) is 6.61 Å².